The van der Waals surface area contributed by atoms with E-state index in [9.17, 15) is 4.79 Å². The second-order valence-electron chi connectivity index (χ2n) is 2.83. The van der Waals surface area contributed by atoms with Crippen LogP contribution in [-0.4, -0.2) is 29.6 Å². The lowest BCUT2D eigenvalue weighted by atomic mass is 10.2. The lowest BCUT2D eigenvalue weighted by Gasteiger charge is -2.07. The first-order chi connectivity index (χ1) is 5.72. The van der Waals surface area contributed by atoms with Crippen LogP contribution in [0.5, 0.6) is 0 Å². The van der Waals surface area contributed by atoms with E-state index in [4.69, 9.17) is 9.84 Å². The maximum atomic E-state index is 10.3. The molecule has 12 heavy (non-hydrogen) atoms. The van der Waals surface area contributed by atoms with Crippen LogP contribution in [0.15, 0.2) is 4.99 Å². The average Bonchev–Trinajstić information content (AvgIpc) is 2.36. The van der Waals surface area contributed by atoms with E-state index in [1.807, 2.05) is 0 Å². The van der Waals surface area contributed by atoms with E-state index in [0.717, 1.165) is 12.8 Å². The lowest BCUT2D eigenvalue weighted by molar-refractivity contribution is -0.135. The van der Waals surface area contributed by atoms with Gasteiger partial charge in [0.15, 0.2) is 5.90 Å². The zero-order chi connectivity index (χ0) is 8.97. The first-order valence-electron chi connectivity index (χ1n) is 4.14. The van der Waals surface area contributed by atoms with E-state index < -0.39 is 5.97 Å². The molecule has 0 aromatic carbocycles. The fourth-order valence-corrected chi connectivity index (χ4v) is 1.17. The maximum Gasteiger partial charge on any atom is 0.312 e. The lowest BCUT2D eigenvalue weighted by Crippen LogP contribution is -2.14. The van der Waals surface area contributed by atoms with Crippen LogP contribution >= 0.6 is 0 Å². The Morgan fingerprint density at radius 2 is 2.58 bits per heavy atom. The first-order valence-corrected chi connectivity index (χ1v) is 4.14. The summed E-state index contributed by atoms with van der Waals surface area (Å²) in [4.78, 5) is 14.2. The SMILES string of the molecule is CCCC1CN=C(CC(=O)O)O1. The summed E-state index contributed by atoms with van der Waals surface area (Å²) >= 11 is 0. The number of nitrogens with zero attached hydrogens (tertiary/aromatic N) is 1. The standard InChI is InChI=1S/C8H13NO3/c1-2-3-6-5-9-7(12-6)4-8(10)11/h6H,2-5H2,1H3,(H,10,11). The Labute approximate surface area is 71.3 Å². The Bertz CT molecular complexity index is 200. The molecule has 1 N–H and O–H groups in total. The molecule has 0 amide bonds. The second kappa shape index (κ2) is 4.09. The third-order valence-corrected chi connectivity index (χ3v) is 1.69. The van der Waals surface area contributed by atoms with E-state index in [1.165, 1.54) is 0 Å². The topological polar surface area (TPSA) is 58.9 Å². The molecule has 0 bridgehead atoms. The van der Waals surface area contributed by atoms with Crippen molar-refractivity contribution in [2.75, 3.05) is 6.54 Å². The van der Waals surface area contributed by atoms with Gasteiger partial charge >= 0.3 is 5.97 Å². The van der Waals surface area contributed by atoms with Crippen LogP contribution in [0.1, 0.15) is 26.2 Å². The molecule has 1 unspecified atom stereocenters. The molecule has 4 nitrogen and oxygen atoms in total. The van der Waals surface area contributed by atoms with E-state index in [-0.39, 0.29) is 12.5 Å². The maximum absolute atomic E-state index is 10.3. The van der Waals surface area contributed by atoms with Crippen molar-refractivity contribution in [2.45, 2.75) is 32.3 Å². The van der Waals surface area contributed by atoms with Crippen molar-refractivity contribution in [1.29, 1.82) is 0 Å². The molecule has 1 aliphatic heterocycles. The Morgan fingerprint density at radius 1 is 1.83 bits per heavy atom. The van der Waals surface area contributed by atoms with Gasteiger partial charge < -0.3 is 9.84 Å². The third-order valence-electron chi connectivity index (χ3n) is 1.69. The van der Waals surface area contributed by atoms with Gasteiger partial charge in [-0.05, 0) is 6.42 Å². The molecular formula is C8H13NO3. The number of rotatable bonds is 4. The number of ether oxygens (including phenoxy) is 1. The van der Waals surface area contributed by atoms with Gasteiger partial charge in [-0.2, -0.15) is 0 Å². The molecule has 0 radical (unpaired) electrons. The number of carbonyl (C=O) groups is 1. The molecule has 4 heteroatoms. The molecule has 68 valence electrons. The molecular weight excluding hydrogens is 158 g/mol. The number of aliphatic carboxylic acids is 1. The van der Waals surface area contributed by atoms with Crippen LogP contribution in [0.4, 0.5) is 0 Å². The van der Waals surface area contributed by atoms with Gasteiger partial charge in [0, 0.05) is 0 Å². The monoisotopic (exact) mass is 171 g/mol. The summed E-state index contributed by atoms with van der Waals surface area (Å²) in [5.41, 5.74) is 0. The molecule has 0 spiro atoms. The Morgan fingerprint density at radius 3 is 3.17 bits per heavy atom. The molecule has 0 saturated carbocycles. The summed E-state index contributed by atoms with van der Waals surface area (Å²) in [5, 5.41) is 8.43. The van der Waals surface area contributed by atoms with Gasteiger partial charge in [0.1, 0.15) is 12.5 Å². The molecule has 1 atom stereocenters. The van der Waals surface area contributed by atoms with Crippen LogP contribution in [0.25, 0.3) is 0 Å². The summed E-state index contributed by atoms with van der Waals surface area (Å²) < 4.78 is 5.28. The van der Waals surface area contributed by atoms with Gasteiger partial charge in [0.2, 0.25) is 0 Å². The van der Waals surface area contributed by atoms with Crippen molar-refractivity contribution in [3.63, 3.8) is 0 Å². The molecule has 0 fully saturated rings. The summed E-state index contributed by atoms with van der Waals surface area (Å²) in [6.45, 7) is 2.69. The minimum absolute atomic E-state index is 0.0831. The minimum atomic E-state index is -0.883. The number of carboxylic acids is 1. The van der Waals surface area contributed by atoms with E-state index in [0.29, 0.717) is 12.4 Å². The van der Waals surface area contributed by atoms with Crippen molar-refractivity contribution in [1.82, 2.24) is 0 Å². The van der Waals surface area contributed by atoms with Crippen molar-refractivity contribution >= 4 is 11.9 Å². The highest BCUT2D eigenvalue weighted by molar-refractivity contribution is 5.94. The highest BCUT2D eigenvalue weighted by Gasteiger charge is 2.20. The van der Waals surface area contributed by atoms with Crippen LogP contribution in [0.3, 0.4) is 0 Å². The number of hydrogen-bond acceptors (Lipinski definition) is 3. The molecule has 0 saturated heterocycles. The predicted molar refractivity (Wildman–Crippen MR) is 44.3 cm³/mol. The highest BCUT2D eigenvalue weighted by atomic mass is 16.5. The van der Waals surface area contributed by atoms with E-state index >= 15 is 0 Å². The largest absolute Gasteiger partial charge is 0.481 e. The molecule has 1 rings (SSSR count). The van der Waals surface area contributed by atoms with Crippen LogP contribution in [0.2, 0.25) is 0 Å². The van der Waals surface area contributed by atoms with Crippen molar-refractivity contribution < 1.29 is 14.6 Å². The predicted octanol–water partition coefficient (Wildman–Crippen LogP) is 1.06. The molecule has 0 aliphatic carbocycles. The smallest absolute Gasteiger partial charge is 0.312 e. The molecule has 0 aromatic heterocycles. The van der Waals surface area contributed by atoms with Crippen LogP contribution in [0, 0.1) is 0 Å². The first kappa shape index (κ1) is 9.03. The van der Waals surface area contributed by atoms with Gasteiger partial charge in [-0.3, -0.25) is 9.79 Å². The van der Waals surface area contributed by atoms with Gasteiger partial charge in [-0.15, -0.1) is 0 Å². The van der Waals surface area contributed by atoms with Crippen LogP contribution < -0.4 is 0 Å². The van der Waals surface area contributed by atoms with Crippen molar-refractivity contribution in [2.24, 2.45) is 4.99 Å². The van der Waals surface area contributed by atoms with E-state index in [2.05, 4.69) is 11.9 Å². The fraction of sp³-hybridized carbons (Fsp3) is 0.750. The van der Waals surface area contributed by atoms with Gasteiger partial charge in [0.05, 0.1) is 6.54 Å². The van der Waals surface area contributed by atoms with Gasteiger partial charge in [0.25, 0.3) is 0 Å². The minimum Gasteiger partial charge on any atom is -0.481 e. The average molecular weight is 171 g/mol. The second-order valence-corrected chi connectivity index (χ2v) is 2.83. The summed E-state index contributed by atoms with van der Waals surface area (Å²) in [7, 11) is 0. The molecule has 0 aromatic rings. The Kier molecular flexibility index (Phi) is 3.08. The van der Waals surface area contributed by atoms with Gasteiger partial charge in [-0.25, -0.2) is 0 Å². The Hall–Kier alpha value is -1.06. The van der Waals surface area contributed by atoms with Gasteiger partial charge in [-0.1, -0.05) is 13.3 Å². The van der Waals surface area contributed by atoms with E-state index in [1.54, 1.807) is 0 Å². The number of aliphatic imine (C=N–C) groups is 1. The van der Waals surface area contributed by atoms with Crippen molar-refractivity contribution in [3.05, 3.63) is 0 Å². The van der Waals surface area contributed by atoms with Crippen LogP contribution in [-0.2, 0) is 9.53 Å². The summed E-state index contributed by atoms with van der Waals surface area (Å²) in [5.74, 6) is -0.508. The van der Waals surface area contributed by atoms with Crippen molar-refractivity contribution in [3.8, 4) is 0 Å². The fourth-order valence-electron chi connectivity index (χ4n) is 1.17. The Balaban J connectivity index is 2.28. The number of carboxylic acid groups (broad SMARTS) is 1. The summed E-state index contributed by atoms with van der Waals surface area (Å²) in [6.07, 6.45) is 2.03. The molecule has 1 aliphatic rings. The summed E-state index contributed by atoms with van der Waals surface area (Å²) in [6, 6.07) is 0. The molecule has 1 heterocycles. The third kappa shape index (κ3) is 2.53. The zero-order valence-electron chi connectivity index (χ0n) is 7.12. The highest BCUT2D eigenvalue weighted by Crippen LogP contribution is 2.11. The quantitative estimate of drug-likeness (QED) is 0.688. The normalized spacial score (nSPS) is 21.8. The number of hydrogen-bond donors (Lipinski definition) is 1. The zero-order valence-corrected chi connectivity index (χ0v) is 7.12.